The van der Waals surface area contributed by atoms with Crippen molar-refractivity contribution in [2.75, 3.05) is 0 Å². The highest BCUT2D eigenvalue weighted by Gasteiger charge is 2.46. The monoisotopic (exact) mass is 680 g/mol. The summed E-state index contributed by atoms with van der Waals surface area (Å²) in [7, 11) is 0. The Morgan fingerprint density at radius 1 is 0.571 bits per heavy atom. The van der Waals surface area contributed by atoms with Crippen molar-refractivity contribution < 1.29 is 19.2 Å². The summed E-state index contributed by atoms with van der Waals surface area (Å²) in [4.78, 5) is 58.4. The smallest absolute Gasteiger partial charge is 0.197 e. The standard InChI is InChI=1S/C43H36O4S2/c44-37-28-14-7-8-15-29(28)38(45)33(37)22-26-23-35-36(43(26)19-11-4-12-20-43)32-18-6-3-1-2-5-13-25-21-27(48-41(25)42(32)49-35)24-34-39(46)30-16-9-10-17-31(30)40(34)47/h7-10,14-17,21-24H,1-6,11-13,18-20H2. The molecule has 0 N–H and O–H groups in total. The minimum atomic E-state index is -0.198. The van der Waals surface area contributed by atoms with E-state index in [1.165, 1.54) is 57.0 Å². The van der Waals surface area contributed by atoms with Crippen molar-refractivity contribution in [1.82, 2.24) is 0 Å². The Hall–Kier alpha value is -4.26. The second-order valence-corrected chi connectivity index (χ2v) is 16.3. The molecule has 5 aliphatic carbocycles. The van der Waals surface area contributed by atoms with E-state index in [1.54, 1.807) is 35.6 Å². The molecule has 2 heterocycles. The zero-order chi connectivity index (χ0) is 33.3. The molecule has 4 aromatic rings. The van der Waals surface area contributed by atoms with E-state index < -0.39 is 0 Å². The van der Waals surface area contributed by atoms with Crippen molar-refractivity contribution in [3.63, 3.8) is 0 Å². The summed E-state index contributed by atoms with van der Waals surface area (Å²) in [5.74, 6) is -0.685. The highest BCUT2D eigenvalue weighted by molar-refractivity contribution is 7.23. The van der Waals surface area contributed by atoms with Gasteiger partial charge in [-0.05, 0) is 85.1 Å². The summed E-state index contributed by atoms with van der Waals surface area (Å²) in [5.41, 5.74) is 7.68. The van der Waals surface area contributed by atoms with Gasteiger partial charge >= 0.3 is 0 Å². The molecule has 0 unspecified atom stereocenters. The quantitative estimate of drug-likeness (QED) is 0.156. The van der Waals surface area contributed by atoms with E-state index in [-0.39, 0.29) is 34.1 Å². The number of carbonyl (C=O) groups excluding carboxylic acids is 4. The van der Waals surface area contributed by atoms with Gasteiger partial charge in [-0.2, -0.15) is 0 Å². The molecule has 1 saturated carbocycles. The zero-order valence-corrected chi connectivity index (χ0v) is 29.0. The zero-order valence-electron chi connectivity index (χ0n) is 27.4. The number of benzene rings is 2. The SMILES string of the molecule is O=C1C(=CC2=Cc3sc4c(c3C23CCCCC3)CCCCCCCc2cc(C=C3C(=O)c5ccccc5C3=O)sc2-4)C(=O)c2ccccc21. The number of fused-ring (bicyclic) bond motifs is 8. The van der Waals surface area contributed by atoms with Gasteiger partial charge in [0.1, 0.15) is 0 Å². The molecule has 0 radical (unpaired) electrons. The van der Waals surface area contributed by atoms with Crippen LogP contribution in [0.1, 0.15) is 132 Å². The molecule has 2 aromatic heterocycles. The lowest BCUT2D eigenvalue weighted by atomic mass is 9.65. The first kappa shape index (κ1) is 30.8. The summed E-state index contributed by atoms with van der Waals surface area (Å²) in [6, 6.07) is 16.5. The lowest BCUT2D eigenvalue weighted by molar-refractivity contribution is 0.0974. The molecule has 5 aliphatic rings. The maximum absolute atomic E-state index is 13.5. The molecule has 244 valence electrons. The van der Waals surface area contributed by atoms with Crippen LogP contribution in [0.15, 0.2) is 77.4 Å². The van der Waals surface area contributed by atoms with Gasteiger partial charge in [-0.3, -0.25) is 19.2 Å². The fourth-order valence-electron chi connectivity index (χ4n) is 8.98. The summed E-state index contributed by atoms with van der Waals surface area (Å²) in [5, 5.41) is 0. The van der Waals surface area contributed by atoms with Gasteiger partial charge in [-0.15, -0.1) is 22.7 Å². The van der Waals surface area contributed by atoms with Crippen LogP contribution in [0.5, 0.6) is 0 Å². The van der Waals surface area contributed by atoms with Gasteiger partial charge in [-0.1, -0.05) is 87.1 Å². The molecular weight excluding hydrogens is 645 g/mol. The maximum Gasteiger partial charge on any atom is 0.197 e. The van der Waals surface area contributed by atoms with Gasteiger partial charge in [0.15, 0.2) is 23.1 Å². The number of aryl methyl sites for hydroxylation is 1. The van der Waals surface area contributed by atoms with E-state index in [0.29, 0.717) is 27.8 Å². The van der Waals surface area contributed by atoms with E-state index in [0.717, 1.165) is 61.8 Å². The van der Waals surface area contributed by atoms with E-state index in [4.69, 9.17) is 0 Å². The number of carbonyl (C=O) groups is 4. The van der Waals surface area contributed by atoms with Gasteiger partial charge in [0.2, 0.25) is 0 Å². The third-order valence-electron chi connectivity index (χ3n) is 11.4. The fraction of sp³-hybridized carbons (Fsp3) is 0.302. The number of allylic oxidation sites excluding steroid dienone is 4. The minimum absolute atomic E-state index is 0.158. The first-order valence-corrected chi connectivity index (χ1v) is 19.4. The van der Waals surface area contributed by atoms with Crippen molar-refractivity contribution in [3.05, 3.63) is 126 Å². The predicted molar refractivity (Wildman–Crippen MR) is 197 cm³/mol. The lowest BCUT2D eigenvalue weighted by Gasteiger charge is -2.37. The summed E-state index contributed by atoms with van der Waals surface area (Å²) in [6.45, 7) is 0. The van der Waals surface area contributed by atoms with Gasteiger partial charge in [-0.25, -0.2) is 0 Å². The maximum atomic E-state index is 13.5. The van der Waals surface area contributed by atoms with E-state index in [1.807, 2.05) is 47.8 Å². The van der Waals surface area contributed by atoms with Crippen molar-refractivity contribution in [2.24, 2.45) is 0 Å². The van der Waals surface area contributed by atoms with Crippen molar-refractivity contribution >= 4 is 58.0 Å². The Morgan fingerprint density at radius 2 is 1.10 bits per heavy atom. The molecule has 1 spiro atoms. The van der Waals surface area contributed by atoms with Crippen LogP contribution in [0.4, 0.5) is 0 Å². The summed E-state index contributed by atoms with van der Waals surface area (Å²) < 4.78 is 0. The van der Waals surface area contributed by atoms with Crippen LogP contribution in [-0.2, 0) is 18.3 Å². The Labute approximate surface area is 294 Å². The second kappa shape index (κ2) is 12.0. The van der Waals surface area contributed by atoms with Crippen LogP contribution in [0.25, 0.3) is 21.9 Å². The molecule has 1 fully saturated rings. The molecule has 0 amide bonds. The molecular formula is C43H36O4S2. The lowest BCUT2D eigenvalue weighted by Crippen LogP contribution is -2.30. The average molecular weight is 681 g/mol. The third kappa shape index (κ3) is 4.82. The molecule has 2 aromatic carbocycles. The van der Waals surface area contributed by atoms with Crippen LogP contribution in [0.2, 0.25) is 0 Å². The van der Waals surface area contributed by atoms with Crippen molar-refractivity contribution in [2.45, 2.75) is 82.5 Å². The van der Waals surface area contributed by atoms with Crippen LogP contribution in [0.3, 0.4) is 0 Å². The number of hydrogen-bond acceptors (Lipinski definition) is 6. The highest BCUT2D eigenvalue weighted by Crippen LogP contribution is 2.58. The Bertz CT molecular complexity index is 2140. The first-order chi connectivity index (χ1) is 23.9. The van der Waals surface area contributed by atoms with Crippen LogP contribution in [0, 0.1) is 0 Å². The van der Waals surface area contributed by atoms with E-state index in [9.17, 15) is 19.2 Å². The molecule has 0 saturated heterocycles. The topological polar surface area (TPSA) is 68.3 Å². The van der Waals surface area contributed by atoms with Crippen LogP contribution in [-0.4, -0.2) is 23.1 Å². The molecule has 0 bridgehead atoms. The van der Waals surface area contributed by atoms with E-state index in [2.05, 4.69) is 12.1 Å². The summed E-state index contributed by atoms with van der Waals surface area (Å²) in [6.07, 6.45) is 19.4. The fourth-order valence-corrected chi connectivity index (χ4v) is 11.7. The van der Waals surface area contributed by atoms with Crippen LogP contribution < -0.4 is 0 Å². The number of hydrogen-bond donors (Lipinski definition) is 0. The van der Waals surface area contributed by atoms with Crippen molar-refractivity contribution in [3.8, 4) is 9.75 Å². The van der Waals surface area contributed by atoms with Gasteiger partial charge < -0.3 is 0 Å². The molecule has 0 atom stereocenters. The Morgan fingerprint density at radius 3 is 1.71 bits per heavy atom. The minimum Gasteiger partial charge on any atom is -0.288 e. The normalized spacial score (nSPS) is 19.6. The molecule has 6 heteroatoms. The molecule has 49 heavy (non-hydrogen) atoms. The van der Waals surface area contributed by atoms with Gasteiger partial charge in [0.05, 0.1) is 11.1 Å². The van der Waals surface area contributed by atoms with E-state index >= 15 is 0 Å². The largest absolute Gasteiger partial charge is 0.288 e. The Balaban J connectivity index is 1.17. The molecule has 4 nitrogen and oxygen atoms in total. The third-order valence-corrected chi connectivity index (χ3v) is 13.8. The first-order valence-electron chi connectivity index (χ1n) is 17.8. The van der Waals surface area contributed by atoms with Crippen molar-refractivity contribution in [1.29, 1.82) is 0 Å². The second-order valence-electron chi connectivity index (χ2n) is 14.2. The molecule has 9 rings (SSSR count). The highest BCUT2D eigenvalue weighted by atomic mass is 32.1. The number of Topliss-reactive ketones (excluding diaryl/α,β-unsaturated/α-hetero) is 4. The number of rotatable bonds is 2. The van der Waals surface area contributed by atoms with Gasteiger partial charge in [0, 0.05) is 47.2 Å². The van der Waals surface area contributed by atoms with Gasteiger partial charge in [0.25, 0.3) is 0 Å². The average Bonchev–Trinajstić information content (AvgIpc) is 3.88. The summed E-state index contributed by atoms with van der Waals surface area (Å²) >= 11 is 3.57. The molecule has 0 aliphatic heterocycles. The number of thiophene rings is 2. The number of ketones is 4. The Kier molecular flexibility index (Phi) is 7.51. The predicted octanol–water partition coefficient (Wildman–Crippen LogP) is 10.6. The van der Waals surface area contributed by atoms with Crippen LogP contribution >= 0.6 is 22.7 Å².